The molecule has 0 amide bonds. The van der Waals surface area contributed by atoms with Crippen LogP contribution in [0.25, 0.3) is 0 Å². The number of aliphatic hydroxyl groups is 1. The van der Waals surface area contributed by atoms with Gasteiger partial charge in [0.2, 0.25) is 0 Å². The van der Waals surface area contributed by atoms with E-state index in [-0.39, 0.29) is 6.42 Å². The van der Waals surface area contributed by atoms with Gasteiger partial charge in [-0.25, -0.2) is 0 Å². The van der Waals surface area contributed by atoms with Crippen molar-refractivity contribution in [3.8, 4) is 0 Å². The van der Waals surface area contributed by atoms with Crippen molar-refractivity contribution < 1.29 is 15.0 Å². The highest BCUT2D eigenvalue weighted by Crippen LogP contribution is 2.23. The number of hydrogen-bond donors (Lipinski definition) is 2. The first kappa shape index (κ1) is 9.43. The van der Waals surface area contributed by atoms with Gasteiger partial charge in [0, 0.05) is 5.41 Å². The Bertz CT molecular complexity index is 127. The lowest BCUT2D eigenvalue weighted by Crippen LogP contribution is -2.29. The van der Waals surface area contributed by atoms with Crippen molar-refractivity contribution in [2.45, 2.75) is 26.4 Å². The van der Waals surface area contributed by atoms with E-state index in [0.717, 1.165) is 0 Å². The molecule has 2 unspecified atom stereocenters. The minimum absolute atomic E-state index is 0.106. The number of aliphatic carboxylic acids is 1. The smallest absolute Gasteiger partial charge is 0.303 e. The van der Waals surface area contributed by atoms with Crippen molar-refractivity contribution in [3.63, 3.8) is 0 Å². The van der Waals surface area contributed by atoms with Crippen LogP contribution in [-0.2, 0) is 4.79 Å². The van der Waals surface area contributed by atoms with Crippen molar-refractivity contribution in [3.05, 3.63) is 6.92 Å². The molecule has 0 aliphatic rings. The molecule has 0 rings (SSSR count). The fourth-order valence-electron chi connectivity index (χ4n) is 0.493. The maximum atomic E-state index is 10.2. The third-order valence-electron chi connectivity index (χ3n) is 1.56. The van der Waals surface area contributed by atoms with Gasteiger partial charge in [0.05, 0.1) is 12.5 Å². The predicted molar refractivity (Wildman–Crippen MR) is 37.4 cm³/mol. The van der Waals surface area contributed by atoms with Crippen LogP contribution in [0.1, 0.15) is 20.3 Å². The molecule has 0 aromatic carbocycles. The van der Waals surface area contributed by atoms with Gasteiger partial charge >= 0.3 is 5.97 Å². The SMILES string of the molecule is [CH2]C(C)(CC(=O)O)C(C)O. The standard InChI is InChI=1S/C7H13O3/c1-5(8)7(2,3)4-6(9)10/h5,8H,2,4H2,1,3H3,(H,9,10). The Hall–Kier alpha value is -0.570. The summed E-state index contributed by atoms with van der Waals surface area (Å²) in [7, 11) is 0. The van der Waals surface area contributed by atoms with Crippen LogP contribution in [0, 0.1) is 12.3 Å². The second kappa shape index (κ2) is 3.01. The molecule has 10 heavy (non-hydrogen) atoms. The fraction of sp³-hybridized carbons (Fsp3) is 0.714. The van der Waals surface area contributed by atoms with E-state index in [4.69, 9.17) is 10.2 Å². The van der Waals surface area contributed by atoms with Gasteiger partial charge < -0.3 is 10.2 Å². The van der Waals surface area contributed by atoms with Crippen molar-refractivity contribution in [1.82, 2.24) is 0 Å². The van der Waals surface area contributed by atoms with Crippen molar-refractivity contribution in [2.24, 2.45) is 5.41 Å². The van der Waals surface area contributed by atoms with Crippen LogP contribution >= 0.6 is 0 Å². The summed E-state index contributed by atoms with van der Waals surface area (Å²) in [5.74, 6) is -0.932. The fourth-order valence-corrected chi connectivity index (χ4v) is 0.493. The molecule has 0 aromatic rings. The summed E-state index contributed by atoms with van der Waals surface area (Å²) in [5, 5.41) is 17.4. The maximum Gasteiger partial charge on any atom is 0.303 e. The molecule has 2 atom stereocenters. The van der Waals surface area contributed by atoms with Crippen LogP contribution in [0.15, 0.2) is 0 Å². The van der Waals surface area contributed by atoms with E-state index < -0.39 is 17.5 Å². The topological polar surface area (TPSA) is 57.5 Å². The van der Waals surface area contributed by atoms with Crippen LogP contribution in [0.2, 0.25) is 0 Å². The molecule has 0 aliphatic heterocycles. The molecule has 0 fully saturated rings. The molecule has 0 spiro atoms. The number of carboxylic acids is 1. The van der Waals surface area contributed by atoms with E-state index >= 15 is 0 Å². The number of rotatable bonds is 3. The summed E-state index contributed by atoms with van der Waals surface area (Å²) in [4.78, 5) is 10.2. The molecule has 2 N–H and O–H groups in total. The van der Waals surface area contributed by atoms with Crippen LogP contribution in [-0.4, -0.2) is 22.3 Å². The van der Waals surface area contributed by atoms with Gasteiger partial charge in [-0.05, 0) is 13.8 Å². The quantitative estimate of drug-likeness (QED) is 0.614. The summed E-state index contributed by atoms with van der Waals surface area (Å²) in [5.41, 5.74) is -0.772. The molecule has 0 saturated carbocycles. The molecule has 0 bridgehead atoms. The second-order valence-corrected chi connectivity index (χ2v) is 2.90. The monoisotopic (exact) mass is 145 g/mol. The predicted octanol–water partition coefficient (Wildman–Crippen LogP) is 0.682. The molecule has 0 aliphatic carbocycles. The third-order valence-corrected chi connectivity index (χ3v) is 1.56. The lowest BCUT2D eigenvalue weighted by Gasteiger charge is -2.25. The maximum absolute atomic E-state index is 10.2. The molecule has 3 nitrogen and oxygen atoms in total. The van der Waals surface area contributed by atoms with Crippen molar-refractivity contribution in [1.29, 1.82) is 0 Å². The number of hydrogen-bond acceptors (Lipinski definition) is 2. The van der Waals surface area contributed by atoms with Gasteiger partial charge in [0.15, 0.2) is 0 Å². The first-order valence-electron chi connectivity index (χ1n) is 3.11. The Labute approximate surface area is 60.7 Å². The summed E-state index contributed by atoms with van der Waals surface area (Å²) in [6.45, 7) is 6.73. The number of aliphatic hydroxyl groups excluding tert-OH is 1. The highest BCUT2D eigenvalue weighted by Gasteiger charge is 2.26. The van der Waals surface area contributed by atoms with E-state index in [9.17, 15) is 4.79 Å². The lowest BCUT2D eigenvalue weighted by molar-refractivity contribution is -0.140. The summed E-state index contributed by atoms with van der Waals surface area (Å²) < 4.78 is 0. The van der Waals surface area contributed by atoms with E-state index in [1.54, 1.807) is 6.92 Å². The van der Waals surface area contributed by atoms with Crippen LogP contribution < -0.4 is 0 Å². The Morgan fingerprint density at radius 1 is 1.80 bits per heavy atom. The molecule has 3 heteroatoms. The Morgan fingerprint density at radius 2 is 2.20 bits per heavy atom. The lowest BCUT2D eigenvalue weighted by atomic mass is 9.84. The molecule has 1 radical (unpaired) electrons. The van der Waals surface area contributed by atoms with Gasteiger partial charge in [0.1, 0.15) is 0 Å². The first-order valence-corrected chi connectivity index (χ1v) is 3.11. The summed E-state index contributed by atoms with van der Waals surface area (Å²) >= 11 is 0. The largest absolute Gasteiger partial charge is 0.481 e. The highest BCUT2D eigenvalue weighted by atomic mass is 16.4. The molecule has 0 heterocycles. The minimum atomic E-state index is -0.932. The zero-order valence-electron chi connectivity index (χ0n) is 6.29. The van der Waals surface area contributed by atoms with Gasteiger partial charge in [0.25, 0.3) is 0 Å². The zero-order chi connectivity index (χ0) is 8.36. The van der Waals surface area contributed by atoms with E-state index in [2.05, 4.69) is 6.92 Å². The Balaban J connectivity index is 3.99. The number of carbonyl (C=O) groups is 1. The van der Waals surface area contributed by atoms with Crippen LogP contribution in [0.5, 0.6) is 0 Å². The Morgan fingerprint density at radius 3 is 2.30 bits per heavy atom. The minimum Gasteiger partial charge on any atom is -0.481 e. The number of carboxylic acid groups (broad SMARTS) is 1. The normalized spacial score (nSPS) is 14.8. The summed E-state index contributed by atoms with van der Waals surface area (Å²) in [6, 6.07) is 0. The molecular formula is C7H13O3. The average molecular weight is 145 g/mol. The zero-order valence-corrected chi connectivity index (χ0v) is 6.29. The van der Waals surface area contributed by atoms with Gasteiger partial charge in [-0.1, -0.05) is 6.92 Å². The molecule has 0 saturated heterocycles. The molecular weight excluding hydrogens is 132 g/mol. The molecule has 0 aromatic heterocycles. The van der Waals surface area contributed by atoms with Gasteiger partial charge in [-0.3, -0.25) is 4.79 Å². The second-order valence-electron chi connectivity index (χ2n) is 2.90. The van der Waals surface area contributed by atoms with Gasteiger partial charge in [-0.15, -0.1) is 0 Å². The molecule has 59 valence electrons. The third kappa shape index (κ3) is 2.82. The van der Waals surface area contributed by atoms with Crippen LogP contribution in [0.3, 0.4) is 0 Å². The average Bonchev–Trinajstić information content (AvgIpc) is 1.60. The Kier molecular flexibility index (Phi) is 2.84. The van der Waals surface area contributed by atoms with E-state index in [0.29, 0.717) is 0 Å². The van der Waals surface area contributed by atoms with Crippen molar-refractivity contribution >= 4 is 5.97 Å². The highest BCUT2D eigenvalue weighted by molar-refractivity contribution is 5.67. The summed E-state index contributed by atoms with van der Waals surface area (Å²) in [6.07, 6.45) is -0.798. The van der Waals surface area contributed by atoms with E-state index in [1.165, 1.54) is 6.92 Å². The van der Waals surface area contributed by atoms with Crippen molar-refractivity contribution in [2.75, 3.05) is 0 Å². The van der Waals surface area contributed by atoms with Gasteiger partial charge in [-0.2, -0.15) is 0 Å². The van der Waals surface area contributed by atoms with Crippen LogP contribution in [0.4, 0.5) is 0 Å². The first-order chi connectivity index (χ1) is 4.36. The van der Waals surface area contributed by atoms with E-state index in [1.807, 2.05) is 0 Å².